The highest BCUT2D eigenvalue weighted by Gasteiger charge is 2.07. The molecule has 0 radical (unpaired) electrons. The minimum absolute atomic E-state index is 0.555. The zero-order valence-corrected chi connectivity index (χ0v) is 16.8. The predicted octanol–water partition coefficient (Wildman–Crippen LogP) is 8.45. The second kappa shape index (κ2) is 8.73. The quantitative estimate of drug-likeness (QED) is 0.220. The lowest BCUT2D eigenvalue weighted by atomic mass is 9.95. The van der Waals surface area contributed by atoms with E-state index >= 15 is 0 Å². The van der Waals surface area contributed by atoms with Gasteiger partial charge >= 0.3 is 0 Å². The first kappa shape index (κ1) is 19.6. The largest absolute Gasteiger partial charge is 0.207 e. The van der Waals surface area contributed by atoms with Gasteiger partial charge in [0, 0.05) is 6.07 Å². The zero-order valence-electron chi connectivity index (χ0n) is 16.8. The van der Waals surface area contributed by atoms with Crippen LogP contribution in [0.2, 0.25) is 0 Å². The van der Waals surface area contributed by atoms with Crippen LogP contribution in [0.25, 0.3) is 32.7 Å². The molecular formula is C27H26F2. The number of aryl methyl sites for hydroxylation is 1. The van der Waals surface area contributed by atoms with E-state index in [-0.39, 0.29) is 0 Å². The fourth-order valence-electron chi connectivity index (χ4n) is 4.11. The Morgan fingerprint density at radius 3 is 1.97 bits per heavy atom. The molecule has 4 aromatic rings. The van der Waals surface area contributed by atoms with E-state index in [2.05, 4.69) is 43.3 Å². The van der Waals surface area contributed by atoms with E-state index in [4.69, 9.17) is 0 Å². The van der Waals surface area contributed by atoms with Crippen molar-refractivity contribution in [1.82, 2.24) is 0 Å². The van der Waals surface area contributed by atoms with Gasteiger partial charge in [0.25, 0.3) is 0 Å². The van der Waals surface area contributed by atoms with Gasteiger partial charge in [-0.25, -0.2) is 8.78 Å². The Bertz CT molecular complexity index is 1120. The molecule has 29 heavy (non-hydrogen) atoms. The second-order valence-electron chi connectivity index (χ2n) is 7.88. The van der Waals surface area contributed by atoms with Crippen molar-refractivity contribution in [3.63, 3.8) is 0 Å². The summed E-state index contributed by atoms with van der Waals surface area (Å²) in [5, 5.41) is 4.70. The van der Waals surface area contributed by atoms with Gasteiger partial charge in [-0.05, 0) is 69.3 Å². The van der Waals surface area contributed by atoms with Crippen LogP contribution in [0, 0.1) is 11.6 Å². The highest BCUT2D eigenvalue weighted by molar-refractivity contribution is 6.08. The average Bonchev–Trinajstić information content (AvgIpc) is 2.72. The summed E-state index contributed by atoms with van der Waals surface area (Å²) >= 11 is 0. The summed E-state index contributed by atoms with van der Waals surface area (Å²) < 4.78 is 27.2. The smallest absolute Gasteiger partial charge is 0.126 e. The summed E-state index contributed by atoms with van der Waals surface area (Å²) in [7, 11) is 0. The van der Waals surface area contributed by atoms with Crippen molar-refractivity contribution in [2.24, 2.45) is 0 Å². The van der Waals surface area contributed by atoms with Crippen LogP contribution >= 0.6 is 0 Å². The number of benzene rings is 4. The minimum atomic E-state index is -0.555. The van der Waals surface area contributed by atoms with Crippen LogP contribution in [0.4, 0.5) is 8.78 Å². The van der Waals surface area contributed by atoms with Crippen molar-refractivity contribution in [2.45, 2.75) is 45.4 Å². The van der Waals surface area contributed by atoms with Crippen LogP contribution in [0.3, 0.4) is 0 Å². The molecule has 0 aliphatic carbocycles. The molecule has 0 saturated carbocycles. The molecule has 0 atom stereocenters. The van der Waals surface area contributed by atoms with Crippen molar-refractivity contribution in [1.29, 1.82) is 0 Å². The van der Waals surface area contributed by atoms with Crippen molar-refractivity contribution in [2.75, 3.05) is 0 Å². The molecule has 0 aliphatic heterocycles. The summed E-state index contributed by atoms with van der Waals surface area (Å²) in [4.78, 5) is 0. The SMILES string of the molecule is CCCCCCCc1ccc2c(ccc3cc(-c4cc(F)cc(F)c4)ccc32)c1. The molecule has 0 unspecified atom stereocenters. The lowest BCUT2D eigenvalue weighted by molar-refractivity contribution is 0.584. The van der Waals surface area contributed by atoms with Gasteiger partial charge in [0.05, 0.1) is 0 Å². The predicted molar refractivity (Wildman–Crippen MR) is 119 cm³/mol. The van der Waals surface area contributed by atoms with Gasteiger partial charge < -0.3 is 0 Å². The first-order valence-corrected chi connectivity index (χ1v) is 10.6. The fourth-order valence-corrected chi connectivity index (χ4v) is 4.11. The van der Waals surface area contributed by atoms with Gasteiger partial charge in [-0.2, -0.15) is 0 Å². The van der Waals surface area contributed by atoms with Gasteiger partial charge in [-0.1, -0.05) is 75.1 Å². The maximum Gasteiger partial charge on any atom is 0.126 e. The van der Waals surface area contributed by atoms with E-state index in [1.54, 1.807) is 0 Å². The van der Waals surface area contributed by atoms with Crippen LogP contribution < -0.4 is 0 Å². The van der Waals surface area contributed by atoms with Crippen molar-refractivity contribution in [3.05, 3.63) is 83.9 Å². The maximum absolute atomic E-state index is 13.6. The van der Waals surface area contributed by atoms with Gasteiger partial charge in [0.1, 0.15) is 11.6 Å². The highest BCUT2D eigenvalue weighted by Crippen LogP contribution is 2.31. The Hall–Kier alpha value is -2.74. The summed E-state index contributed by atoms with van der Waals surface area (Å²) in [5.41, 5.74) is 2.77. The van der Waals surface area contributed by atoms with E-state index < -0.39 is 11.6 Å². The summed E-state index contributed by atoms with van der Waals surface area (Å²) in [6.07, 6.45) is 7.60. The number of fused-ring (bicyclic) bond motifs is 3. The molecule has 0 nitrogen and oxygen atoms in total. The molecule has 0 spiro atoms. The third-order valence-electron chi connectivity index (χ3n) is 5.67. The molecule has 0 saturated heterocycles. The average molecular weight is 389 g/mol. The van der Waals surface area contributed by atoms with Crippen LogP contribution in [-0.4, -0.2) is 0 Å². The Balaban J connectivity index is 1.62. The lowest BCUT2D eigenvalue weighted by Gasteiger charge is -2.09. The first-order chi connectivity index (χ1) is 14.1. The lowest BCUT2D eigenvalue weighted by Crippen LogP contribution is -1.88. The number of hydrogen-bond donors (Lipinski definition) is 0. The molecule has 4 aromatic carbocycles. The molecular weight excluding hydrogens is 362 g/mol. The van der Waals surface area contributed by atoms with Crippen LogP contribution in [-0.2, 0) is 6.42 Å². The summed E-state index contributed by atoms with van der Waals surface area (Å²) in [6, 6.07) is 20.6. The Morgan fingerprint density at radius 1 is 0.586 bits per heavy atom. The van der Waals surface area contributed by atoms with Gasteiger partial charge in [-0.15, -0.1) is 0 Å². The van der Waals surface area contributed by atoms with E-state index in [0.717, 1.165) is 28.8 Å². The first-order valence-electron chi connectivity index (χ1n) is 10.6. The van der Waals surface area contributed by atoms with Crippen molar-refractivity contribution in [3.8, 4) is 11.1 Å². The molecule has 0 bridgehead atoms. The Kier molecular flexibility index (Phi) is 5.89. The van der Waals surface area contributed by atoms with Gasteiger partial charge in [-0.3, -0.25) is 0 Å². The van der Waals surface area contributed by atoms with Crippen LogP contribution in [0.5, 0.6) is 0 Å². The molecule has 0 fully saturated rings. The second-order valence-corrected chi connectivity index (χ2v) is 7.88. The fraction of sp³-hybridized carbons (Fsp3) is 0.259. The van der Waals surface area contributed by atoms with Crippen molar-refractivity contribution >= 4 is 21.5 Å². The Labute approximate surface area is 171 Å². The summed E-state index contributed by atoms with van der Waals surface area (Å²) in [5.74, 6) is -1.11. The molecule has 0 heterocycles. The maximum atomic E-state index is 13.6. The monoisotopic (exact) mass is 388 g/mol. The minimum Gasteiger partial charge on any atom is -0.207 e. The molecule has 0 aromatic heterocycles. The number of halogens is 2. The van der Waals surface area contributed by atoms with E-state index in [0.29, 0.717) is 5.56 Å². The van der Waals surface area contributed by atoms with E-state index in [1.807, 2.05) is 12.1 Å². The van der Waals surface area contributed by atoms with E-state index in [1.165, 1.54) is 60.6 Å². The third-order valence-corrected chi connectivity index (χ3v) is 5.67. The molecule has 0 aliphatic rings. The molecule has 0 amide bonds. The molecule has 4 rings (SSSR count). The molecule has 148 valence electrons. The molecule has 0 N–H and O–H groups in total. The Morgan fingerprint density at radius 2 is 1.24 bits per heavy atom. The van der Waals surface area contributed by atoms with E-state index in [9.17, 15) is 8.78 Å². The standard InChI is InChI=1S/C27H26F2/c1-2-3-4-5-6-7-19-8-12-26-21(14-19)9-10-22-15-20(11-13-27(22)26)23-16-24(28)18-25(29)17-23/h8-18H,2-7H2,1H3. The van der Waals surface area contributed by atoms with Gasteiger partial charge in [0.15, 0.2) is 0 Å². The normalized spacial score (nSPS) is 11.4. The van der Waals surface area contributed by atoms with Crippen LogP contribution in [0.1, 0.15) is 44.6 Å². The third kappa shape index (κ3) is 4.48. The van der Waals surface area contributed by atoms with Crippen LogP contribution in [0.15, 0.2) is 66.7 Å². The topological polar surface area (TPSA) is 0 Å². The van der Waals surface area contributed by atoms with Gasteiger partial charge in [0.2, 0.25) is 0 Å². The molecule has 2 heteroatoms. The highest BCUT2D eigenvalue weighted by atomic mass is 19.1. The number of hydrogen-bond acceptors (Lipinski definition) is 0. The zero-order chi connectivity index (χ0) is 20.2. The van der Waals surface area contributed by atoms with Crippen molar-refractivity contribution < 1.29 is 8.78 Å². The number of unbranched alkanes of at least 4 members (excludes halogenated alkanes) is 4. The number of rotatable bonds is 7. The summed E-state index contributed by atoms with van der Waals surface area (Å²) in [6.45, 7) is 2.24.